The molecular weight excluding hydrogens is 1220 g/mol. The summed E-state index contributed by atoms with van der Waals surface area (Å²) in [5.74, 6) is -5.23. The molecule has 9 aromatic rings. The summed E-state index contributed by atoms with van der Waals surface area (Å²) in [6.45, 7) is 15.3. The fourth-order valence-corrected chi connectivity index (χ4v) is 21.3. The van der Waals surface area contributed by atoms with Gasteiger partial charge in [-0.3, -0.25) is 28.8 Å². The van der Waals surface area contributed by atoms with E-state index in [1.165, 1.54) is 0 Å². The Morgan fingerprint density at radius 3 is 0.667 bits per heavy atom. The van der Waals surface area contributed by atoms with Gasteiger partial charge in [-0.15, -0.1) is 0 Å². The van der Waals surface area contributed by atoms with Crippen LogP contribution in [0.3, 0.4) is 0 Å². The van der Waals surface area contributed by atoms with Crippen LogP contribution >= 0.6 is 21.4 Å². The first kappa shape index (κ1) is 67.0. The summed E-state index contributed by atoms with van der Waals surface area (Å²) in [4.78, 5) is 89.4. The van der Waals surface area contributed by atoms with Crippen molar-refractivity contribution in [2.24, 2.45) is 17.8 Å². The Balaban J connectivity index is 0.947. The van der Waals surface area contributed by atoms with Crippen molar-refractivity contribution in [1.82, 2.24) is 0 Å². The zero-order valence-corrected chi connectivity index (χ0v) is 56.5. The number of carbonyl (C=O) groups excluding carboxylic acids is 6. The first-order chi connectivity index (χ1) is 44.5. The molecule has 474 valence electrons. The number of carbonyl (C=O) groups is 6. The van der Waals surface area contributed by atoms with Gasteiger partial charge in [0.1, 0.15) is 19.8 Å². The van der Waals surface area contributed by atoms with E-state index in [4.69, 9.17) is 14.2 Å². The number of hydrogen-bond acceptors (Lipinski definition) is 12. The summed E-state index contributed by atoms with van der Waals surface area (Å²) in [6, 6.07) is 57.4. The molecule has 1 aliphatic rings. The fraction of sp³-hybridized carbons (Fsp3) is 0.231. The molecule has 0 saturated heterocycles. The molecule has 0 unspecified atom stereocenters. The first-order valence-corrected chi connectivity index (χ1v) is 36.2. The van der Waals surface area contributed by atoms with Crippen molar-refractivity contribution in [3.63, 3.8) is 0 Å². The predicted octanol–water partition coefficient (Wildman–Crippen LogP) is 14.5. The van der Waals surface area contributed by atoms with Gasteiger partial charge < -0.3 is 27.9 Å². The number of aryl methyl sites for hydroxylation is 6. The summed E-state index contributed by atoms with van der Waals surface area (Å²) in [5, 5.41) is 2.27. The molecule has 0 amide bonds. The Kier molecular flexibility index (Phi) is 20.3. The average Bonchev–Trinajstić information content (AvgIpc) is 0.769. The van der Waals surface area contributed by atoms with Crippen molar-refractivity contribution >= 4 is 87.7 Å². The first-order valence-electron chi connectivity index (χ1n) is 31.1. The van der Waals surface area contributed by atoms with Gasteiger partial charge >= 0.3 is 17.9 Å². The van der Waals surface area contributed by atoms with E-state index >= 15 is 28.1 Å². The molecule has 0 spiro atoms. The third-order valence-corrected chi connectivity index (χ3v) is 26.9. The highest BCUT2D eigenvalue weighted by Gasteiger charge is 2.44. The summed E-state index contributed by atoms with van der Waals surface area (Å²) in [5.41, 5.74) is 6.11. The third-order valence-electron chi connectivity index (χ3n) is 18.4. The summed E-state index contributed by atoms with van der Waals surface area (Å²) in [6.07, 6.45) is -0.191. The van der Waals surface area contributed by atoms with Crippen LogP contribution in [0, 0.1) is 80.1 Å². The van der Waals surface area contributed by atoms with E-state index in [1.54, 1.807) is 224 Å². The van der Waals surface area contributed by atoms with E-state index in [0.717, 1.165) is 16.7 Å². The monoisotopic (exact) mass is 1300 g/mol. The molecular formula is C78H75O12P3. The standard InChI is InChI=1S/C78H75O12P3/c1-49-40-52(4)70(76(82)91(85,61-28-16-10-17-29-61)62-30-18-11-19-31-62)55(7)67(49)46-88-73(79)58-43-59(74(80)89-47-68-50(2)41-53(5)71(56(68)8)77(83)92(86,63-32-20-12-21-33-63)64-34-22-13-23-35-64)45-60(44-58)75(81)90-48-69-51(3)42-54(6)72(57(69)9)78(84)93(87,65-36-24-14-25-37-65)66-38-26-15-27-39-66/h10-42,58-60H,43-48H2,1-9H3. The zero-order valence-electron chi connectivity index (χ0n) is 53.8. The Hall–Kier alpha value is -8.91. The van der Waals surface area contributed by atoms with Gasteiger partial charge in [-0.2, -0.15) is 0 Å². The molecule has 15 heteroatoms. The van der Waals surface area contributed by atoms with Gasteiger partial charge in [-0.1, -0.05) is 200 Å². The number of ether oxygens (including phenoxy) is 3. The van der Waals surface area contributed by atoms with Gasteiger partial charge in [0.25, 0.3) is 0 Å². The lowest BCUT2D eigenvalue weighted by atomic mass is 9.75. The maximum atomic E-state index is 15.4. The van der Waals surface area contributed by atoms with Crippen molar-refractivity contribution in [2.45, 2.75) is 101 Å². The molecule has 0 atom stereocenters. The molecule has 0 N–H and O–H groups in total. The molecule has 0 heterocycles. The van der Waals surface area contributed by atoms with Gasteiger partial charge in [0, 0.05) is 48.5 Å². The van der Waals surface area contributed by atoms with Crippen molar-refractivity contribution in [3.8, 4) is 0 Å². The smallest absolute Gasteiger partial charge is 0.309 e. The Morgan fingerprint density at radius 1 is 0.301 bits per heavy atom. The Labute approximate surface area is 544 Å². The molecule has 12 nitrogen and oxygen atoms in total. The van der Waals surface area contributed by atoms with Crippen LogP contribution in [0.1, 0.15) is 117 Å². The molecule has 0 aliphatic heterocycles. The Bertz CT molecular complexity index is 3920. The van der Waals surface area contributed by atoms with Crippen molar-refractivity contribution in [2.75, 3.05) is 0 Å². The van der Waals surface area contributed by atoms with E-state index in [9.17, 15) is 14.4 Å². The van der Waals surface area contributed by atoms with Crippen LogP contribution in [-0.2, 0) is 62.1 Å². The van der Waals surface area contributed by atoms with E-state index in [2.05, 4.69) is 0 Å². The largest absolute Gasteiger partial charge is 0.461 e. The number of benzene rings is 9. The van der Waals surface area contributed by atoms with Crippen LogP contribution in [0.15, 0.2) is 200 Å². The van der Waals surface area contributed by atoms with E-state index in [-0.39, 0.29) is 55.8 Å². The molecule has 10 rings (SSSR count). The van der Waals surface area contributed by atoms with Crippen molar-refractivity contribution in [3.05, 3.63) is 284 Å². The van der Waals surface area contributed by atoms with Crippen molar-refractivity contribution < 1.29 is 56.7 Å². The quantitative estimate of drug-likeness (QED) is 0.0378. The maximum absolute atomic E-state index is 15.4. The summed E-state index contributed by atoms with van der Waals surface area (Å²) >= 11 is 0. The molecule has 1 aliphatic carbocycles. The van der Waals surface area contributed by atoms with E-state index < -0.39 is 73.7 Å². The zero-order chi connectivity index (χ0) is 66.5. The van der Waals surface area contributed by atoms with Crippen LogP contribution < -0.4 is 31.8 Å². The highest BCUT2D eigenvalue weighted by Crippen LogP contribution is 2.51. The lowest BCUT2D eigenvalue weighted by molar-refractivity contribution is -0.162. The lowest BCUT2D eigenvalue weighted by Crippen LogP contribution is -2.37. The lowest BCUT2D eigenvalue weighted by Gasteiger charge is -2.32. The van der Waals surface area contributed by atoms with Crippen LogP contribution in [0.5, 0.6) is 0 Å². The van der Waals surface area contributed by atoms with Crippen molar-refractivity contribution in [1.29, 1.82) is 0 Å². The van der Waals surface area contributed by atoms with Crippen LogP contribution in [-0.4, -0.2) is 34.5 Å². The minimum atomic E-state index is -3.95. The number of hydrogen-bond donors (Lipinski definition) is 0. The van der Waals surface area contributed by atoms with E-state index in [1.807, 2.05) is 39.0 Å². The fourth-order valence-electron chi connectivity index (χ4n) is 13.5. The van der Waals surface area contributed by atoms with Gasteiger partial charge in [-0.25, -0.2) is 0 Å². The van der Waals surface area contributed by atoms with Gasteiger partial charge in [0.2, 0.25) is 38.0 Å². The molecule has 0 aromatic heterocycles. The van der Waals surface area contributed by atoms with E-state index in [0.29, 0.717) is 81.9 Å². The number of rotatable bonds is 21. The molecule has 0 bridgehead atoms. The normalized spacial score (nSPS) is 15.0. The second kappa shape index (κ2) is 28.1. The van der Waals surface area contributed by atoms with Gasteiger partial charge in [0.15, 0.2) is 0 Å². The topological polar surface area (TPSA) is 181 Å². The second-order valence-electron chi connectivity index (χ2n) is 24.3. The third kappa shape index (κ3) is 13.1. The molecule has 9 aromatic carbocycles. The van der Waals surface area contributed by atoms with Crippen LogP contribution in [0.2, 0.25) is 0 Å². The average molecular weight is 1300 g/mol. The van der Waals surface area contributed by atoms with Gasteiger partial charge in [-0.05, 0) is 148 Å². The molecule has 1 fully saturated rings. The van der Waals surface area contributed by atoms with Gasteiger partial charge in [0.05, 0.1) is 17.8 Å². The minimum Gasteiger partial charge on any atom is -0.461 e. The Morgan fingerprint density at radius 2 is 0.484 bits per heavy atom. The second-order valence-corrected chi connectivity index (χ2v) is 32.3. The predicted molar refractivity (Wildman–Crippen MR) is 368 cm³/mol. The molecule has 93 heavy (non-hydrogen) atoms. The summed E-state index contributed by atoms with van der Waals surface area (Å²) < 4.78 is 64.7. The molecule has 1 saturated carbocycles. The highest BCUT2D eigenvalue weighted by molar-refractivity contribution is 7.94. The van der Waals surface area contributed by atoms with Crippen LogP contribution in [0.25, 0.3) is 0 Å². The van der Waals surface area contributed by atoms with Crippen LogP contribution in [0.4, 0.5) is 0 Å². The summed E-state index contributed by atoms with van der Waals surface area (Å²) in [7, 11) is -11.8. The maximum Gasteiger partial charge on any atom is 0.309 e. The number of esters is 3. The highest BCUT2D eigenvalue weighted by atomic mass is 31.2. The minimum absolute atomic E-state index is 0.0636. The SMILES string of the molecule is Cc1cc(C)c(C(=O)P(=O)(c2ccccc2)c2ccccc2)c(C)c1COC(=O)C1CC(C(=O)OCc2c(C)cc(C)c(C(=O)P(=O)(c3ccccc3)c3ccccc3)c2C)CC(C(=O)OCc2c(C)cc(C)c(C(=O)P(=O)(c3ccccc3)c3ccccc3)c2C)C1. The molecule has 0 radical (unpaired) electrons.